The molecule has 2 rings (SSSR count). The second-order valence-corrected chi connectivity index (χ2v) is 8.71. The first-order valence-corrected chi connectivity index (χ1v) is 12.0. The topological polar surface area (TPSA) is 243 Å². The van der Waals surface area contributed by atoms with Crippen molar-refractivity contribution < 1.29 is 39.5 Å². The highest BCUT2D eigenvalue weighted by molar-refractivity contribution is 7.14. The smallest absolute Gasteiger partial charge is 0.475 e. The van der Waals surface area contributed by atoms with Gasteiger partial charge >= 0.3 is 13.1 Å². The number of nitrogens with zero attached hydrogens (tertiary/aromatic N) is 2. The Morgan fingerprint density at radius 3 is 2.62 bits per heavy atom. The van der Waals surface area contributed by atoms with E-state index in [4.69, 9.17) is 16.3 Å². The quantitative estimate of drug-likeness (QED) is 0.0632. The van der Waals surface area contributed by atoms with Crippen molar-refractivity contribution in [2.75, 3.05) is 19.0 Å². The maximum Gasteiger partial charge on any atom is 0.475 e. The van der Waals surface area contributed by atoms with Gasteiger partial charge < -0.3 is 47.2 Å². The number of carboxylic acid groups (broad SMARTS) is 1. The normalized spacial score (nSPS) is 12.9. The van der Waals surface area contributed by atoms with Crippen LogP contribution in [0.15, 0.2) is 28.7 Å². The molecule has 200 valence electrons. The van der Waals surface area contributed by atoms with Crippen molar-refractivity contribution in [3.05, 3.63) is 40.4 Å². The lowest BCUT2D eigenvalue weighted by molar-refractivity contribution is -0.117. The van der Waals surface area contributed by atoms with E-state index in [1.165, 1.54) is 30.7 Å². The van der Waals surface area contributed by atoms with Crippen LogP contribution in [0, 0.1) is 0 Å². The molecule has 0 radical (unpaired) electrons. The van der Waals surface area contributed by atoms with E-state index in [2.05, 4.69) is 20.8 Å². The molecule has 37 heavy (non-hydrogen) atoms. The number of oxime groups is 1. The summed E-state index contributed by atoms with van der Waals surface area (Å²) in [5, 5.41) is 49.1. The van der Waals surface area contributed by atoms with Gasteiger partial charge in [0.05, 0.1) is 12.0 Å². The molecule has 2 aromatic rings. The number of nitrogens with one attached hydrogen (secondary N) is 2. The number of thiazole rings is 1. The third-order valence-corrected chi connectivity index (χ3v) is 5.90. The summed E-state index contributed by atoms with van der Waals surface area (Å²) >= 11 is 1.01. The number of unbranched alkanes of at least 4 members (excludes halogenated alkanes) is 1. The Bertz CT molecular complexity index is 1130. The number of hydrogen-bond acceptors (Lipinski definition) is 12. The SMILES string of the molecule is CO/N=C(\C(=O)NC(Cc1cccc(C(=O)O)c1O)B(O)O)c1csc(NC(=O)C(N)CCCCN)n1. The minimum atomic E-state index is -2.08. The zero-order valence-corrected chi connectivity index (χ0v) is 20.8. The maximum atomic E-state index is 12.9. The maximum absolute atomic E-state index is 12.9. The number of para-hydroxylation sites is 1. The van der Waals surface area contributed by atoms with E-state index >= 15 is 0 Å². The summed E-state index contributed by atoms with van der Waals surface area (Å²) in [6.45, 7) is 0.498. The van der Waals surface area contributed by atoms with Gasteiger partial charge in [-0.1, -0.05) is 23.7 Å². The number of aromatic nitrogens is 1. The van der Waals surface area contributed by atoms with Crippen molar-refractivity contribution in [2.45, 2.75) is 37.7 Å². The molecule has 1 aromatic heterocycles. The summed E-state index contributed by atoms with van der Waals surface area (Å²) in [6.07, 6.45) is 1.55. The molecule has 1 aromatic carbocycles. The molecule has 0 bridgehead atoms. The van der Waals surface area contributed by atoms with Gasteiger partial charge in [0, 0.05) is 5.38 Å². The fourth-order valence-corrected chi connectivity index (χ4v) is 3.90. The van der Waals surface area contributed by atoms with Crippen molar-refractivity contribution >= 4 is 47.1 Å². The van der Waals surface area contributed by atoms with Gasteiger partial charge in [-0.05, 0) is 37.4 Å². The average Bonchev–Trinajstić information content (AvgIpc) is 3.30. The first-order chi connectivity index (χ1) is 17.6. The first-order valence-electron chi connectivity index (χ1n) is 11.1. The minimum absolute atomic E-state index is 0.0262. The number of amides is 2. The number of nitrogens with two attached hydrogens (primary N) is 2. The van der Waals surface area contributed by atoms with Crippen LogP contribution < -0.4 is 22.1 Å². The standard InChI is InChI=1S/C21H29BN6O8S/c1-36-28-16(14-10-37-21(25-14)27-18(30)13(24)7-2-3-8-23)19(31)26-15(22(34)35)9-11-5-4-6-12(17(11)29)20(32)33/h4-6,10,13,15,29,34-35H,2-3,7-9,23-24H2,1H3,(H,26,31)(H,32,33)(H,25,27,30)/b28-16-. The zero-order valence-electron chi connectivity index (χ0n) is 20.0. The molecule has 16 heteroatoms. The fraction of sp³-hybridized carbons (Fsp3) is 0.381. The molecule has 0 aliphatic carbocycles. The van der Waals surface area contributed by atoms with Crippen LogP contribution in [0.25, 0.3) is 0 Å². The van der Waals surface area contributed by atoms with E-state index < -0.39 is 42.6 Å². The van der Waals surface area contributed by atoms with Crippen LogP contribution in [0.1, 0.15) is 40.9 Å². The highest BCUT2D eigenvalue weighted by Gasteiger charge is 2.30. The van der Waals surface area contributed by atoms with Crippen molar-refractivity contribution in [3.63, 3.8) is 0 Å². The molecule has 1 heterocycles. The van der Waals surface area contributed by atoms with Crippen molar-refractivity contribution in [1.29, 1.82) is 0 Å². The summed E-state index contributed by atoms with van der Waals surface area (Å²) in [6, 6.07) is 3.16. The van der Waals surface area contributed by atoms with E-state index in [1.54, 1.807) is 0 Å². The van der Waals surface area contributed by atoms with E-state index in [9.17, 15) is 34.6 Å². The predicted molar refractivity (Wildman–Crippen MR) is 136 cm³/mol. The second-order valence-electron chi connectivity index (χ2n) is 7.86. The zero-order chi connectivity index (χ0) is 27.5. The molecule has 0 spiro atoms. The lowest BCUT2D eigenvalue weighted by Gasteiger charge is -2.19. The molecular weight excluding hydrogens is 507 g/mol. The van der Waals surface area contributed by atoms with Crippen LogP contribution in [0.3, 0.4) is 0 Å². The second kappa shape index (κ2) is 14.2. The van der Waals surface area contributed by atoms with Gasteiger partial charge in [-0.25, -0.2) is 9.78 Å². The van der Waals surface area contributed by atoms with Gasteiger partial charge in [0.15, 0.2) is 10.8 Å². The van der Waals surface area contributed by atoms with Gasteiger partial charge in [0.25, 0.3) is 5.91 Å². The number of hydrogen-bond donors (Lipinski definition) is 8. The van der Waals surface area contributed by atoms with Crippen LogP contribution >= 0.6 is 11.3 Å². The number of benzene rings is 1. The van der Waals surface area contributed by atoms with E-state index in [0.717, 1.165) is 17.8 Å². The van der Waals surface area contributed by atoms with E-state index in [-0.39, 0.29) is 34.1 Å². The molecule has 0 aliphatic rings. The van der Waals surface area contributed by atoms with Crippen LogP contribution in [-0.4, -0.2) is 81.5 Å². The Morgan fingerprint density at radius 1 is 1.27 bits per heavy atom. The minimum Gasteiger partial charge on any atom is -0.507 e. The molecule has 2 unspecified atom stereocenters. The molecule has 0 saturated heterocycles. The van der Waals surface area contributed by atoms with E-state index in [0.29, 0.717) is 19.4 Å². The number of carbonyl (C=O) groups is 3. The molecule has 2 amide bonds. The summed E-state index contributed by atoms with van der Waals surface area (Å²) in [5.41, 5.74) is 10.7. The molecule has 0 saturated carbocycles. The largest absolute Gasteiger partial charge is 0.507 e. The number of anilines is 1. The third kappa shape index (κ3) is 8.50. The summed E-state index contributed by atoms with van der Waals surface area (Å²) < 4.78 is 0. The Kier molecular flexibility index (Phi) is 11.4. The highest BCUT2D eigenvalue weighted by Crippen LogP contribution is 2.24. The van der Waals surface area contributed by atoms with Gasteiger partial charge in [0.2, 0.25) is 5.91 Å². The number of aromatic carboxylic acids is 1. The van der Waals surface area contributed by atoms with Crippen LogP contribution in [0.2, 0.25) is 0 Å². The van der Waals surface area contributed by atoms with Gasteiger partial charge in [-0.15, -0.1) is 11.3 Å². The Labute approximate surface area is 216 Å². The summed E-state index contributed by atoms with van der Waals surface area (Å²) in [4.78, 5) is 45.4. The molecule has 2 atom stereocenters. The van der Waals surface area contributed by atoms with Crippen LogP contribution in [0.4, 0.5) is 5.13 Å². The predicted octanol–water partition coefficient (Wildman–Crippen LogP) is -0.968. The van der Waals surface area contributed by atoms with Gasteiger partial charge in [-0.3, -0.25) is 9.59 Å². The lowest BCUT2D eigenvalue weighted by Crippen LogP contribution is -2.50. The Morgan fingerprint density at radius 2 is 2.00 bits per heavy atom. The lowest BCUT2D eigenvalue weighted by atomic mass is 9.75. The summed E-state index contributed by atoms with van der Waals surface area (Å²) in [7, 11) is -0.886. The fourth-order valence-electron chi connectivity index (χ4n) is 3.21. The number of carbonyl (C=O) groups excluding carboxylic acids is 2. The molecule has 10 N–H and O–H groups in total. The van der Waals surface area contributed by atoms with Crippen molar-refractivity contribution in [1.82, 2.24) is 10.3 Å². The molecule has 0 fully saturated rings. The third-order valence-electron chi connectivity index (χ3n) is 5.15. The van der Waals surface area contributed by atoms with Crippen molar-refractivity contribution in [3.8, 4) is 5.75 Å². The van der Waals surface area contributed by atoms with E-state index in [1.807, 2.05) is 0 Å². The van der Waals surface area contributed by atoms with Gasteiger partial charge in [-0.2, -0.15) is 0 Å². The Hall–Kier alpha value is -3.57. The number of aromatic hydroxyl groups is 1. The number of carboxylic acids is 1. The first kappa shape index (κ1) is 29.7. The van der Waals surface area contributed by atoms with Gasteiger partial charge in [0.1, 0.15) is 24.1 Å². The molecule has 0 aliphatic heterocycles. The average molecular weight is 536 g/mol. The Balaban J connectivity index is 2.15. The monoisotopic (exact) mass is 536 g/mol. The highest BCUT2D eigenvalue weighted by atomic mass is 32.1. The molecular formula is C21H29BN6O8S. The number of phenols is 1. The van der Waals surface area contributed by atoms with Crippen molar-refractivity contribution in [2.24, 2.45) is 16.6 Å². The van der Waals surface area contributed by atoms with Crippen LogP contribution in [0.5, 0.6) is 5.75 Å². The summed E-state index contributed by atoms with van der Waals surface area (Å²) in [5.74, 6) is -4.67. The van der Waals surface area contributed by atoms with Crippen LogP contribution in [-0.2, 0) is 20.8 Å². The number of rotatable bonds is 14. The molecule has 14 nitrogen and oxygen atoms in total.